The van der Waals surface area contributed by atoms with E-state index in [4.69, 9.17) is 0 Å². The molecule has 2 rings (SSSR count). The summed E-state index contributed by atoms with van der Waals surface area (Å²) >= 11 is 0. The van der Waals surface area contributed by atoms with Crippen LogP contribution in [0.15, 0.2) is 24.3 Å². The van der Waals surface area contributed by atoms with E-state index in [-0.39, 0.29) is 24.3 Å². The van der Waals surface area contributed by atoms with Gasteiger partial charge in [0, 0.05) is 24.3 Å². The summed E-state index contributed by atoms with van der Waals surface area (Å²) in [6.07, 6.45) is 0.390. The Bertz CT molecular complexity index is 487. The van der Waals surface area contributed by atoms with Crippen molar-refractivity contribution in [3.8, 4) is 0 Å². The van der Waals surface area contributed by atoms with Gasteiger partial charge in [0.05, 0.1) is 12.6 Å². The maximum absolute atomic E-state index is 11.8. The number of benzene rings is 1. The summed E-state index contributed by atoms with van der Waals surface area (Å²) in [6, 6.07) is 6.88. The standard InChI is InChI=1S/C14H18N2O3/c1-10(17)11-3-2-4-12(7-11)15-14(19)9-16-6-5-13(18)8-16/h2-4,7,13,18H,5-6,8-9H2,1H3,(H,15,19)/t13-/m1/s1. The Kier molecular flexibility index (Phi) is 4.29. The number of hydrogen-bond donors (Lipinski definition) is 2. The molecular formula is C14H18N2O3. The van der Waals surface area contributed by atoms with Crippen LogP contribution in [0.3, 0.4) is 0 Å². The number of ketones is 1. The molecule has 19 heavy (non-hydrogen) atoms. The molecular weight excluding hydrogens is 244 g/mol. The van der Waals surface area contributed by atoms with Crippen molar-refractivity contribution in [3.63, 3.8) is 0 Å². The van der Waals surface area contributed by atoms with E-state index in [1.807, 2.05) is 4.90 Å². The number of amides is 1. The van der Waals surface area contributed by atoms with Crippen molar-refractivity contribution in [1.82, 2.24) is 4.90 Å². The number of β-amino-alcohol motifs (C(OH)–C–C–N with tert-alkyl or cyclic N) is 1. The van der Waals surface area contributed by atoms with Gasteiger partial charge in [0.15, 0.2) is 5.78 Å². The first kappa shape index (κ1) is 13.7. The van der Waals surface area contributed by atoms with Gasteiger partial charge in [0.1, 0.15) is 0 Å². The van der Waals surface area contributed by atoms with Gasteiger partial charge in [-0.25, -0.2) is 0 Å². The summed E-state index contributed by atoms with van der Waals surface area (Å²) < 4.78 is 0. The quantitative estimate of drug-likeness (QED) is 0.791. The van der Waals surface area contributed by atoms with Gasteiger partial charge in [-0.3, -0.25) is 14.5 Å². The van der Waals surface area contributed by atoms with E-state index in [1.54, 1.807) is 24.3 Å². The van der Waals surface area contributed by atoms with E-state index in [0.29, 0.717) is 24.2 Å². The van der Waals surface area contributed by atoms with Gasteiger partial charge in [-0.05, 0) is 25.5 Å². The van der Waals surface area contributed by atoms with Crippen LogP contribution in [0.4, 0.5) is 5.69 Å². The molecule has 0 bridgehead atoms. The molecule has 5 heteroatoms. The topological polar surface area (TPSA) is 69.6 Å². The highest BCUT2D eigenvalue weighted by atomic mass is 16.3. The van der Waals surface area contributed by atoms with Crippen molar-refractivity contribution in [2.45, 2.75) is 19.4 Å². The summed E-state index contributed by atoms with van der Waals surface area (Å²) in [5.41, 5.74) is 1.20. The number of anilines is 1. The second-order valence-corrected chi connectivity index (χ2v) is 4.86. The number of likely N-dealkylation sites (tertiary alicyclic amines) is 1. The molecule has 1 aromatic carbocycles. The van der Waals surface area contributed by atoms with Gasteiger partial charge in [-0.1, -0.05) is 12.1 Å². The minimum Gasteiger partial charge on any atom is -0.392 e. The number of rotatable bonds is 4. The Labute approximate surface area is 112 Å². The molecule has 0 radical (unpaired) electrons. The number of aliphatic hydroxyl groups excluding tert-OH is 1. The number of hydrogen-bond acceptors (Lipinski definition) is 4. The first-order chi connectivity index (χ1) is 9.04. The third-order valence-electron chi connectivity index (χ3n) is 3.17. The van der Waals surface area contributed by atoms with Crippen molar-refractivity contribution >= 4 is 17.4 Å². The number of aliphatic hydroxyl groups is 1. The molecule has 0 spiro atoms. The van der Waals surface area contributed by atoms with Crippen LogP contribution in [-0.4, -0.2) is 47.4 Å². The summed E-state index contributed by atoms with van der Waals surface area (Å²) in [5, 5.41) is 12.2. The maximum Gasteiger partial charge on any atom is 0.238 e. The normalized spacial score (nSPS) is 19.4. The summed E-state index contributed by atoms with van der Waals surface area (Å²) in [6.45, 7) is 3.04. The molecule has 102 valence electrons. The molecule has 0 unspecified atom stereocenters. The first-order valence-electron chi connectivity index (χ1n) is 6.36. The maximum atomic E-state index is 11.8. The molecule has 5 nitrogen and oxygen atoms in total. The van der Waals surface area contributed by atoms with Gasteiger partial charge < -0.3 is 10.4 Å². The Balaban J connectivity index is 1.91. The molecule has 1 saturated heterocycles. The lowest BCUT2D eigenvalue weighted by Gasteiger charge is -2.14. The Morgan fingerprint density at radius 2 is 2.26 bits per heavy atom. The van der Waals surface area contributed by atoms with Crippen molar-refractivity contribution in [2.75, 3.05) is 25.0 Å². The predicted molar refractivity (Wildman–Crippen MR) is 72.1 cm³/mol. The highest BCUT2D eigenvalue weighted by molar-refractivity contribution is 5.97. The molecule has 0 saturated carbocycles. The van der Waals surface area contributed by atoms with Crippen LogP contribution in [0, 0.1) is 0 Å². The van der Waals surface area contributed by atoms with Crippen LogP contribution in [0.25, 0.3) is 0 Å². The zero-order chi connectivity index (χ0) is 13.8. The molecule has 1 aromatic rings. The van der Waals surface area contributed by atoms with Gasteiger partial charge in [0.2, 0.25) is 5.91 Å². The molecule has 1 aliphatic heterocycles. The Morgan fingerprint density at radius 1 is 1.47 bits per heavy atom. The average Bonchev–Trinajstić information content (AvgIpc) is 2.74. The summed E-state index contributed by atoms with van der Waals surface area (Å²) in [4.78, 5) is 25.0. The van der Waals surface area contributed by atoms with Gasteiger partial charge in [0.25, 0.3) is 0 Å². The summed E-state index contributed by atoms with van der Waals surface area (Å²) in [5.74, 6) is -0.159. The van der Waals surface area contributed by atoms with E-state index in [0.717, 1.165) is 6.54 Å². The van der Waals surface area contributed by atoms with E-state index < -0.39 is 0 Å². The highest BCUT2D eigenvalue weighted by Crippen LogP contribution is 2.12. The lowest BCUT2D eigenvalue weighted by molar-refractivity contribution is -0.117. The number of Topliss-reactive ketones (excluding diaryl/α,β-unsaturated/α-hetero) is 1. The zero-order valence-electron chi connectivity index (χ0n) is 10.9. The fourth-order valence-electron chi connectivity index (χ4n) is 2.18. The minimum absolute atomic E-state index is 0.0289. The third-order valence-corrected chi connectivity index (χ3v) is 3.17. The van der Waals surface area contributed by atoms with Gasteiger partial charge in [-0.15, -0.1) is 0 Å². The largest absolute Gasteiger partial charge is 0.392 e. The Morgan fingerprint density at radius 3 is 2.89 bits per heavy atom. The number of nitrogens with one attached hydrogen (secondary N) is 1. The van der Waals surface area contributed by atoms with Crippen LogP contribution in [-0.2, 0) is 4.79 Å². The van der Waals surface area contributed by atoms with E-state index in [1.165, 1.54) is 6.92 Å². The third kappa shape index (κ3) is 3.87. The van der Waals surface area contributed by atoms with Crippen molar-refractivity contribution in [3.05, 3.63) is 29.8 Å². The van der Waals surface area contributed by atoms with E-state index >= 15 is 0 Å². The molecule has 1 aliphatic rings. The molecule has 1 fully saturated rings. The summed E-state index contributed by atoms with van der Waals surface area (Å²) in [7, 11) is 0. The molecule has 0 aromatic heterocycles. The van der Waals surface area contributed by atoms with Crippen LogP contribution < -0.4 is 5.32 Å². The van der Waals surface area contributed by atoms with Gasteiger partial charge >= 0.3 is 0 Å². The molecule has 2 N–H and O–H groups in total. The number of nitrogens with zero attached hydrogens (tertiary/aromatic N) is 1. The monoisotopic (exact) mass is 262 g/mol. The number of carbonyl (C=O) groups excluding carboxylic acids is 2. The van der Waals surface area contributed by atoms with Crippen molar-refractivity contribution in [2.24, 2.45) is 0 Å². The zero-order valence-corrected chi connectivity index (χ0v) is 10.9. The molecule has 0 aliphatic carbocycles. The second-order valence-electron chi connectivity index (χ2n) is 4.86. The van der Waals surface area contributed by atoms with E-state index in [2.05, 4.69) is 5.32 Å². The smallest absolute Gasteiger partial charge is 0.238 e. The van der Waals surface area contributed by atoms with Crippen LogP contribution >= 0.6 is 0 Å². The molecule has 1 amide bonds. The predicted octanol–water partition coefficient (Wildman–Crippen LogP) is 0.894. The molecule has 1 atom stereocenters. The lowest BCUT2D eigenvalue weighted by atomic mass is 10.1. The Hall–Kier alpha value is -1.72. The second kappa shape index (κ2) is 5.95. The van der Waals surface area contributed by atoms with Crippen LogP contribution in [0.5, 0.6) is 0 Å². The molecule has 1 heterocycles. The van der Waals surface area contributed by atoms with Crippen LogP contribution in [0.2, 0.25) is 0 Å². The van der Waals surface area contributed by atoms with Crippen LogP contribution in [0.1, 0.15) is 23.7 Å². The fourth-order valence-corrected chi connectivity index (χ4v) is 2.18. The highest BCUT2D eigenvalue weighted by Gasteiger charge is 2.21. The fraction of sp³-hybridized carbons (Fsp3) is 0.429. The lowest BCUT2D eigenvalue weighted by Crippen LogP contribution is -2.32. The average molecular weight is 262 g/mol. The number of carbonyl (C=O) groups is 2. The van der Waals surface area contributed by atoms with E-state index in [9.17, 15) is 14.7 Å². The van der Waals surface area contributed by atoms with Crippen molar-refractivity contribution < 1.29 is 14.7 Å². The minimum atomic E-state index is -0.325. The SMILES string of the molecule is CC(=O)c1cccc(NC(=O)CN2CC[C@@H](O)C2)c1. The van der Waals surface area contributed by atoms with Crippen molar-refractivity contribution in [1.29, 1.82) is 0 Å². The first-order valence-corrected chi connectivity index (χ1v) is 6.36. The van der Waals surface area contributed by atoms with Gasteiger partial charge in [-0.2, -0.15) is 0 Å².